The molecule has 0 aliphatic carbocycles. The van der Waals surface area contributed by atoms with Gasteiger partial charge in [0.1, 0.15) is 0 Å². The first-order valence-electron chi connectivity index (χ1n) is 5.64. The van der Waals surface area contributed by atoms with Crippen molar-refractivity contribution in [3.05, 3.63) is 42.1 Å². The summed E-state index contributed by atoms with van der Waals surface area (Å²) in [5, 5.41) is 10.0. The van der Waals surface area contributed by atoms with Gasteiger partial charge in [0.05, 0.1) is 5.69 Å². The standard InChI is InChI=1S/C14H15N3/c1-15-10-5-4-7-12-6-2-3-8-13(12)14-9-11-16-17-14/h2-3,6,8-9,11,15H,5,10H2,1H3,(H,16,17). The van der Waals surface area contributed by atoms with Gasteiger partial charge >= 0.3 is 0 Å². The van der Waals surface area contributed by atoms with Crippen LogP contribution in [0.25, 0.3) is 11.3 Å². The molecule has 17 heavy (non-hydrogen) atoms. The Morgan fingerprint density at radius 2 is 2.18 bits per heavy atom. The van der Waals surface area contributed by atoms with Gasteiger partial charge in [0.2, 0.25) is 0 Å². The van der Waals surface area contributed by atoms with E-state index < -0.39 is 0 Å². The van der Waals surface area contributed by atoms with E-state index in [-0.39, 0.29) is 0 Å². The number of rotatable bonds is 3. The number of aromatic nitrogens is 2. The van der Waals surface area contributed by atoms with Crippen LogP contribution in [0.1, 0.15) is 12.0 Å². The van der Waals surface area contributed by atoms with Gasteiger partial charge in [-0.1, -0.05) is 30.0 Å². The highest BCUT2D eigenvalue weighted by Crippen LogP contribution is 2.20. The van der Waals surface area contributed by atoms with Crippen molar-refractivity contribution in [3.8, 4) is 23.1 Å². The largest absolute Gasteiger partial charge is 0.319 e. The van der Waals surface area contributed by atoms with E-state index in [1.54, 1.807) is 6.20 Å². The molecule has 2 rings (SSSR count). The smallest absolute Gasteiger partial charge is 0.0662 e. The maximum Gasteiger partial charge on any atom is 0.0662 e. The lowest BCUT2D eigenvalue weighted by molar-refractivity contribution is 0.818. The maximum absolute atomic E-state index is 3.97. The number of nitrogens with one attached hydrogen (secondary N) is 2. The Balaban J connectivity index is 2.24. The Hall–Kier alpha value is -2.05. The molecule has 0 unspecified atom stereocenters. The number of hydrogen-bond donors (Lipinski definition) is 2. The molecule has 0 fully saturated rings. The van der Waals surface area contributed by atoms with E-state index >= 15 is 0 Å². The van der Waals surface area contributed by atoms with Gasteiger partial charge in [-0.25, -0.2) is 0 Å². The molecule has 1 aromatic heterocycles. The summed E-state index contributed by atoms with van der Waals surface area (Å²) in [6, 6.07) is 10.0. The van der Waals surface area contributed by atoms with Gasteiger partial charge in [0.25, 0.3) is 0 Å². The van der Waals surface area contributed by atoms with E-state index in [0.29, 0.717) is 0 Å². The molecule has 2 N–H and O–H groups in total. The molecule has 0 saturated heterocycles. The molecule has 86 valence electrons. The molecule has 3 nitrogen and oxygen atoms in total. The monoisotopic (exact) mass is 225 g/mol. The third-order valence-electron chi connectivity index (χ3n) is 2.44. The fourth-order valence-electron chi connectivity index (χ4n) is 1.58. The second-order valence-corrected chi connectivity index (χ2v) is 3.67. The highest BCUT2D eigenvalue weighted by atomic mass is 15.1. The van der Waals surface area contributed by atoms with Crippen LogP contribution in [0, 0.1) is 11.8 Å². The van der Waals surface area contributed by atoms with Gasteiger partial charge < -0.3 is 5.32 Å². The van der Waals surface area contributed by atoms with E-state index in [4.69, 9.17) is 0 Å². The summed E-state index contributed by atoms with van der Waals surface area (Å²) in [5.74, 6) is 6.36. The summed E-state index contributed by atoms with van der Waals surface area (Å²) in [7, 11) is 1.93. The average molecular weight is 225 g/mol. The summed E-state index contributed by atoms with van der Waals surface area (Å²) in [6.45, 7) is 0.916. The first-order valence-corrected chi connectivity index (χ1v) is 5.64. The molecular formula is C14H15N3. The molecule has 2 aromatic rings. The van der Waals surface area contributed by atoms with Crippen LogP contribution in [-0.4, -0.2) is 23.8 Å². The van der Waals surface area contributed by atoms with Crippen LogP contribution in [0.15, 0.2) is 36.5 Å². The zero-order valence-corrected chi connectivity index (χ0v) is 9.83. The van der Waals surface area contributed by atoms with Gasteiger partial charge in [-0.3, -0.25) is 5.10 Å². The quantitative estimate of drug-likeness (QED) is 0.620. The first kappa shape index (κ1) is 11.4. The Morgan fingerprint density at radius 3 is 2.94 bits per heavy atom. The third-order valence-corrected chi connectivity index (χ3v) is 2.44. The lowest BCUT2D eigenvalue weighted by Gasteiger charge is -2.00. The van der Waals surface area contributed by atoms with Crippen LogP contribution in [0.2, 0.25) is 0 Å². The second kappa shape index (κ2) is 5.88. The highest BCUT2D eigenvalue weighted by molar-refractivity contribution is 5.67. The predicted octanol–water partition coefficient (Wildman–Crippen LogP) is 2.04. The molecule has 0 atom stereocenters. The Morgan fingerprint density at radius 1 is 1.29 bits per heavy atom. The minimum absolute atomic E-state index is 0.855. The van der Waals surface area contributed by atoms with Crippen molar-refractivity contribution in [2.24, 2.45) is 0 Å². The average Bonchev–Trinajstić information content (AvgIpc) is 2.89. The van der Waals surface area contributed by atoms with Crippen molar-refractivity contribution < 1.29 is 0 Å². The Labute approximate surface area is 101 Å². The van der Waals surface area contributed by atoms with Gasteiger partial charge in [0, 0.05) is 30.3 Å². The van der Waals surface area contributed by atoms with Crippen LogP contribution < -0.4 is 5.32 Å². The fourth-order valence-corrected chi connectivity index (χ4v) is 1.58. The summed E-state index contributed by atoms with van der Waals surface area (Å²) in [6.07, 6.45) is 2.61. The lowest BCUT2D eigenvalue weighted by Crippen LogP contribution is -2.05. The molecule has 0 aliphatic rings. The van der Waals surface area contributed by atoms with Gasteiger partial charge in [-0.15, -0.1) is 0 Å². The van der Waals surface area contributed by atoms with Gasteiger partial charge in [-0.2, -0.15) is 5.10 Å². The maximum atomic E-state index is 3.97. The van der Waals surface area contributed by atoms with Crippen molar-refractivity contribution in [2.45, 2.75) is 6.42 Å². The number of hydrogen-bond acceptors (Lipinski definition) is 2. The fraction of sp³-hybridized carbons (Fsp3) is 0.214. The van der Waals surface area contributed by atoms with Crippen molar-refractivity contribution >= 4 is 0 Å². The van der Waals surface area contributed by atoms with Crippen molar-refractivity contribution in [1.82, 2.24) is 15.5 Å². The van der Waals surface area contributed by atoms with Crippen molar-refractivity contribution in [2.75, 3.05) is 13.6 Å². The van der Waals surface area contributed by atoms with Crippen LogP contribution in [-0.2, 0) is 0 Å². The molecule has 0 spiro atoms. The number of benzene rings is 1. The zero-order valence-electron chi connectivity index (χ0n) is 9.83. The molecule has 1 aromatic carbocycles. The zero-order chi connectivity index (χ0) is 11.9. The summed E-state index contributed by atoms with van der Waals surface area (Å²) >= 11 is 0. The van der Waals surface area contributed by atoms with E-state index in [0.717, 1.165) is 29.8 Å². The Kier molecular flexibility index (Phi) is 3.95. The second-order valence-electron chi connectivity index (χ2n) is 3.67. The molecule has 0 bridgehead atoms. The molecular weight excluding hydrogens is 210 g/mol. The Bertz CT molecular complexity index is 518. The molecule has 0 radical (unpaired) electrons. The summed E-state index contributed by atoms with van der Waals surface area (Å²) < 4.78 is 0. The van der Waals surface area contributed by atoms with E-state index in [9.17, 15) is 0 Å². The van der Waals surface area contributed by atoms with E-state index in [2.05, 4.69) is 33.4 Å². The van der Waals surface area contributed by atoms with Crippen LogP contribution >= 0.6 is 0 Å². The van der Waals surface area contributed by atoms with Crippen LogP contribution in [0.5, 0.6) is 0 Å². The molecule has 1 heterocycles. The first-order chi connectivity index (χ1) is 8.42. The molecule has 0 aliphatic heterocycles. The van der Waals surface area contributed by atoms with Crippen LogP contribution in [0.4, 0.5) is 0 Å². The van der Waals surface area contributed by atoms with Gasteiger partial charge in [-0.05, 0) is 19.2 Å². The number of H-pyrrole nitrogens is 1. The molecule has 0 saturated carbocycles. The molecule has 0 amide bonds. The van der Waals surface area contributed by atoms with Crippen molar-refractivity contribution in [1.29, 1.82) is 0 Å². The minimum atomic E-state index is 0.855. The number of nitrogens with zero attached hydrogens (tertiary/aromatic N) is 1. The highest BCUT2D eigenvalue weighted by Gasteiger charge is 2.02. The minimum Gasteiger partial charge on any atom is -0.319 e. The van der Waals surface area contributed by atoms with Crippen molar-refractivity contribution in [3.63, 3.8) is 0 Å². The van der Waals surface area contributed by atoms with Gasteiger partial charge in [0.15, 0.2) is 0 Å². The summed E-state index contributed by atoms with van der Waals surface area (Å²) in [5.41, 5.74) is 3.14. The normalized spacial score (nSPS) is 9.71. The lowest BCUT2D eigenvalue weighted by atomic mass is 10.1. The third kappa shape index (κ3) is 2.96. The van der Waals surface area contributed by atoms with Crippen LogP contribution in [0.3, 0.4) is 0 Å². The number of aromatic amines is 1. The predicted molar refractivity (Wildman–Crippen MR) is 69.4 cm³/mol. The van der Waals surface area contributed by atoms with E-state index in [1.807, 2.05) is 31.3 Å². The van der Waals surface area contributed by atoms with E-state index in [1.165, 1.54) is 0 Å². The SMILES string of the molecule is CNCCC#Cc1ccccc1-c1ccn[nH]1. The topological polar surface area (TPSA) is 40.7 Å². The summed E-state index contributed by atoms with van der Waals surface area (Å²) in [4.78, 5) is 0. The molecule has 3 heteroatoms.